The SMILES string of the molecule is F.F.[AlH3].[Ca+2].[H-].[H-]. The molecule has 0 aliphatic rings. The van der Waals surface area contributed by atoms with E-state index >= 15 is 0 Å². The van der Waals surface area contributed by atoms with Crippen molar-refractivity contribution in [3.8, 4) is 0 Å². The van der Waals surface area contributed by atoms with Gasteiger partial charge in [-0.1, -0.05) is 0 Å². The average Bonchev–Trinajstić information content (AvgIpc) is 0. The van der Waals surface area contributed by atoms with E-state index in [0.29, 0.717) is 0 Å². The van der Waals surface area contributed by atoms with Crippen molar-refractivity contribution in [1.82, 2.24) is 0 Å². The van der Waals surface area contributed by atoms with Gasteiger partial charge in [0.25, 0.3) is 0 Å². The van der Waals surface area contributed by atoms with Crippen molar-refractivity contribution in [2.24, 2.45) is 0 Å². The molecule has 0 fully saturated rings. The van der Waals surface area contributed by atoms with Crippen LogP contribution in [0.3, 0.4) is 0 Å². The Morgan fingerprint density at radius 2 is 1.00 bits per heavy atom. The maximum Gasteiger partial charge on any atom is 2.00 e. The predicted molar refractivity (Wildman–Crippen MR) is 22.9 cm³/mol. The van der Waals surface area contributed by atoms with Gasteiger partial charge in [-0.2, -0.15) is 0 Å². The summed E-state index contributed by atoms with van der Waals surface area (Å²) < 4.78 is 0. The van der Waals surface area contributed by atoms with Crippen LogP contribution >= 0.6 is 0 Å². The molecule has 4 heteroatoms. The number of hydrogen-bond donors (Lipinski definition) is 0. The average molecular weight is 112 g/mol. The van der Waals surface area contributed by atoms with E-state index in [-0.39, 0.29) is 67.4 Å². The molecule has 0 aliphatic carbocycles. The van der Waals surface area contributed by atoms with Gasteiger partial charge >= 0.3 is 37.7 Å². The van der Waals surface area contributed by atoms with Crippen molar-refractivity contribution >= 4 is 55.1 Å². The summed E-state index contributed by atoms with van der Waals surface area (Å²) in [6.45, 7) is 0. The van der Waals surface area contributed by atoms with E-state index in [0.717, 1.165) is 0 Å². The molecule has 0 nitrogen and oxygen atoms in total. The summed E-state index contributed by atoms with van der Waals surface area (Å²) >= 11 is 0. The summed E-state index contributed by atoms with van der Waals surface area (Å²) in [7, 11) is 0. The maximum absolute atomic E-state index is 0. The zero-order chi connectivity index (χ0) is 0. The van der Waals surface area contributed by atoms with Crippen LogP contribution in [0.5, 0.6) is 0 Å². The molecule has 0 aliphatic heterocycles. The summed E-state index contributed by atoms with van der Waals surface area (Å²) in [6.07, 6.45) is 0. The molecule has 0 radical (unpaired) electrons. The normalized spacial score (nSPS) is 0. The third-order valence-corrected chi connectivity index (χ3v) is 0. The van der Waals surface area contributed by atoms with Gasteiger partial charge in [-0.15, -0.1) is 0 Å². The molecule has 0 N–H and O–H groups in total. The molecular weight excluding hydrogens is 105 g/mol. The minimum absolute atomic E-state index is 0. The molecule has 0 aromatic rings. The zero-order valence-corrected chi connectivity index (χ0v) is 3.73. The molecule has 4 heavy (non-hydrogen) atoms. The van der Waals surface area contributed by atoms with Crippen LogP contribution in [-0.2, 0) is 0 Å². The van der Waals surface area contributed by atoms with Crippen molar-refractivity contribution in [2.45, 2.75) is 0 Å². The molecule has 0 bridgehead atoms. The molecule has 26 valence electrons. The summed E-state index contributed by atoms with van der Waals surface area (Å²) in [6, 6.07) is 0. The van der Waals surface area contributed by atoms with Gasteiger partial charge in [0.05, 0.1) is 0 Å². The summed E-state index contributed by atoms with van der Waals surface area (Å²) in [5, 5.41) is 0. The molecule has 0 heterocycles. The van der Waals surface area contributed by atoms with Crippen molar-refractivity contribution in [1.29, 1.82) is 0 Å². The van der Waals surface area contributed by atoms with Gasteiger partial charge in [0.1, 0.15) is 0 Å². The smallest absolute Gasteiger partial charge is 1.00 e. The van der Waals surface area contributed by atoms with Crippen LogP contribution in [0.4, 0.5) is 9.41 Å². The number of hydrogen-bond acceptors (Lipinski definition) is 0. The third kappa shape index (κ3) is 9.41. The molecule has 0 atom stereocenters. The van der Waals surface area contributed by atoms with Crippen LogP contribution in [-0.4, -0.2) is 55.1 Å². The van der Waals surface area contributed by atoms with Crippen LogP contribution in [0.25, 0.3) is 0 Å². The van der Waals surface area contributed by atoms with Gasteiger partial charge in [0.2, 0.25) is 0 Å². The van der Waals surface area contributed by atoms with Crippen molar-refractivity contribution in [2.75, 3.05) is 0 Å². The Morgan fingerprint density at radius 1 is 1.00 bits per heavy atom. The molecule has 0 unspecified atom stereocenters. The molecule has 0 rings (SSSR count). The number of rotatable bonds is 0. The van der Waals surface area contributed by atoms with Crippen LogP contribution in [0.2, 0.25) is 0 Å². The van der Waals surface area contributed by atoms with E-state index in [2.05, 4.69) is 0 Å². The monoisotopic (exact) mass is 112 g/mol. The van der Waals surface area contributed by atoms with E-state index in [1.807, 2.05) is 0 Å². The van der Waals surface area contributed by atoms with Gasteiger partial charge in [0, 0.05) is 0 Å². The predicted octanol–water partition coefficient (Wildman–Crippen LogP) is -1.03. The van der Waals surface area contributed by atoms with E-state index in [4.69, 9.17) is 0 Å². The topological polar surface area (TPSA) is 0 Å². The first-order valence-electron chi connectivity index (χ1n) is 0. The Labute approximate surface area is 66.8 Å². The summed E-state index contributed by atoms with van der Waals surface area (Å²) in [5.74, 6) is 0. The molecular formula is H7AlCaF2. The zero-order valence-electron chi connectivity index (χ0n) is 3.52. The van der Waals surface area contributed by atoms with E-state index in [1.54, 1.807) is 0 Å². The molecule has 0 saturated heterocycles. The Balaban J connectivity index is 0. The Morgan fingerprint density at radius 3 is 1.00 bits per heavy atom. The molecule has 0 aromatic heterocycles. The Hall–Kier alpha value is 1.65. The molecule has 0 spiro atoms. The second kappa shape index (κ2) is 22.7. The van der Waals surface area contributed by atoms with Crippen molar-refractivity contribution < 1.29 is 12.3 Å². The van der Waals surface area contributed by atoms with Gasteiger partial charge in [0.15, 0.2) is 17.4 Å². The largest absolute Gasteiger partial charge is 2.00 e. The third-order valence-electron chi connectivity index (χ3n) is 0. The van der Waals surface area contributed by atoms with Gasteiger partial charge in [-0.05, 0) is 0 Å². The first-order valence-corrected chi connectivity index (χ1v) is 0. The second-order valence-corrected chi connectivity index (χ2v) is 0. The van der Waals surface area contributed by atoms with Crippen LogP contribution < -0.4 is 0 Å². The van der Waals surface area contributed by atoms with E-state index in [9.17, 15) is 0 Å². The first-order chi connectivity index (χ1) is 0. The standard InChI is InChI=1S/Al.Ca.2FH.5H/h;;2*1H;;;;;/q;+2;;;;;;2*-1. The number of halogens is 2. The Bertz CT molecular complexity index is 11.5. The molecule has 0 aromatic carbocycles. The quantitative estimate of drug-likeness (QED) is 0.351. The van der Waals surface area contributed by atoms with Crippen LogP contribution in [0, 0.1) is 0 Å². The van der Waals surface area contributed by atoms with Crippen molar-refractivity contribution in [3.05, 3.63) is 0 Å². The van der Waals surface area contributed by atoms with E-state index < -0.39 is 0 Å². The second-order valence-electron chi connectivity index (χ2n) is 0. The maximum atomic E-state index is 0. The fraction of sp³-hybridized carbons (Fsp3) is 0. The first kappa shape index (κ1) is 44.8. The van der Waals surface area contributed by atoms with E-state index in [1.165, 1.54) is 0 Å². The summed E-state index contributed by atoms with van der Waals surface area (Å²) in [4.78, 5) is 0. The van der Waals surface area contributed by atoms with Crippen LogP contribution in [0.15, 0.2) is 0 Å². The minimum atomic E-state index is 0. The van der Waals surface area contributed by atoms with Gasteiger partial charge in [-0.3, -0.25) is 9.41 Å². The fourth-order valence-corrected chi connectivity index (χ4v) is 0. The molecule has 0 amide bonds. The molecule has 0 saturated carbocycles. The fourth-order valence-electron chi connectivity index (χ4n) is 0. The summed E-state index contributed by atoms with van der Waals surface area (Å²) in [5.41, 5.74) is 0. The van der Waals surface area contributed by atoms with Crippen molar-refractivity contribution in [3.63, 3.8) is 0 Å². The van der Waals surface area contributed by atoms with Gasteiger partial charge in [-0.25, -0.2) is 0 Å². The Kier molecular flexibility index (Phi) is 255. The van der Waals surface area contributed by atoms with Crippen LogP contribution in [0.1, 0.15) is 2.85 Å². The van der Waals surface area contributed by atoms with Gasteiger partial charge < -0.3 is 2.85 Å². The minimum Gasteiger partial charge on any atom is -1.00 e.